The van der Waals surface area contributed by atoms with Crippen LogP contribution >= 0.6 is 0 Å². The van der Waals surface area contributed by atoms with Crippen molar-refractivity contribution in [3.8, 4) is 17.3 Å². The number of aryl methyl sites for hydroxylation is 2. The molecule has 0 spiro atoms. The zero-order valence-corrected chi connectivity index (χ0v) is 10.0. The van der Waals surface area contributed by atoms with Crippen LogP contribution in [0.4, 0.5) is 0 Å². The maximum absolute atomic E-state index is 8.84. The quantitative estimate of drug-likeness (QED) is 0.652. The fourth-order valence-corrected chi connectivity index (χ4v) is 1.99. The summed E-state index contributed by atoms with van der Waals surface area (Å²) in [6.07, 6.45) is 0. The van der Waals surface area contributed by atoms with Crippen LogP contribution in [0.3, 0.4) is 0 Å². The Morgan fingerprint density at radius 1 is 1.33 bits per heavy atom. The molecular formula is C13H10N4O. The Kier molecular flexibility index (Phi) is 2.17. The Bertz CT molecular complexity index is 776. The van der Waals surface area contributed by atoms with Crippen molar-refractivity contribution in [1.29, 1.82) is 5.26 Å². The Morgan fingerprint density at radius 2 is 2.17 bits per heavy atom. The van der Waals surface area contributed by atoms with Crippen molar-refractivity contribution in [2.45, 2.75) is 6.92 Å². The monoisotopic (exact) mass is 238 g/mol. The van der Waals surface area contributed by atoms with Crippen molar-refractivity contribution in [2.24, 2.45) is 7.05 Å². The number of hydrogen-bond acceptors (Lipinski definition) is 4. The molecule has 0 saturated carbocycles. The largest absolute Gasteiger partial charge is 0.441 e. The number of hydrogen-bond donors (Lipinski definition) is 0. The SMILES string of the molecule is Cc1nc2cc(-c3cc(C#N)nn3C)ccc2o1. The molecule has 2 aromatic heterocycles. The summed E-state index contributed by atoms with van der Waals surface area (Å²) >= 11 is 0. The van der Waals surface area contributed by atoms with Crippen LogP contribution in [-0.2, 0) is 7.05 Å². The van der Waals surface area contributed by atoms with E-state index in [1.54, 1.807) is 10.7 Å². The van der Waals surface area contributed by atoms with Crippen LogP contribution in [-0.4, -0.2) is 14.8 Å². The van der Waals surface area contributed by atoms with Gasteiger partial charge in [-0.2, -0.15) is 10.4 Å². The first-order valence-electron chi connectivity index (χ1n) is 5.49. The molecule has 1 aromatic carbocycles. The average Bonchev–Trinajstić information content (AvgIpc) is 2.89. The van der Waals surface area contributed by atoms with Crippen molar-refractivity contribution in [1.82, 2.24) is 14.8 Å². The smallest absolute Gasteiger partial charge is 0.192 e. The van der Waals surface area contributed by atoms with Gasteiger partial charge in [-0.25, -0.2) is 4.98 Å². The van der Waals surface area contributed by atoms with Gasteiger partial charge in [0.25, 0.3) is 0 Å². The standard InChI is InChI=1S/C13H10N4O/c1-8-15-11-5-9(3-4-13(11)18-8)12-6-10(7-14)16-17(12)2/h3-6H,1-2H3. The van der Waals surface area contributed by atoms with E-state index in [-0.39, 0.29) is 0 Å². The van der Waals surface area contributed by atoms with Gasteiger partial charge in [0.15, 0.2) is 17.2 Å². The maximum atomic E-state index is 8.84. The van der Waals surface area contributed by atoms with Gasteiger partial charge in [0, 0.05) is 25.6 Å². The number of benzene rings is 1. The lowest BCUT2D eigenvalue weighted by Gasteiger charge is -2.00. The van der Waals surface area contributed by atoms with Gasteiger partial charge in [0.2, 0.25) is 0 Å². The Hall–Kier alpha value is -2.61. The first-order valence-corrected chi connectivity index (χ1v) is 5.49. The first-order chi connectivity index (χ1) is 8.67. The predicted octanol–water partition coefficient (Wildman–Crippen LogP) is 2.41. The van der Waals surface area contributed by atoms with Gasteiger partial charge in [0.1, 0.15) is 11.6 Å². The lowest BCUT2D eigenvalue weighted by molar-refractivity contribution is 0.561. The second kappa shape index (κ2) is 3.70. The van der Waals surface area contributed by atoms with Gasteiger partial charge in [-0.15, -0.1) is 0 Å². The summed E-state index contributed by atoms with van der Waals surface area (Å²) in [5, 5.41) is 12.9. The van der Waals surface area contributed by atoms with Gasteiger partial charge in [-0.1, -0.05) is 0 Å². The van der Waals surface area contributed by atoms with Crippen molar-refractivity contribution in [3.05, 3.63) is 35.9 Å². The van der Waals surface area contributed by atoms with Crippen molar-refractivity contribution >= 4 is 11.1 Å². The molecule has 3 rings (SSSR count). The molecule has 0 atom stereocenters. The zero-order chi connectivity index (χ0) is 12.7. The fraction of sp³-hybridized carbons (Fsp3) is 0.154. The summed E-state index contributed by atoms with van der Waals surface area (Å²) in [7, 11) is 1.81. The van der Waals surface area contributed by atoms with Gasteiger partial charge in [-0.05, 0) is 18.2 Å². The molecule has 5 heteroatoms. The van der Waals surface area contributed by atoms with Crippen LogP contribution in [0.1, 0.15) is 11.6 Å². The zero-order valence-electron chi connectivity index (χ0n) is 10.0. The molecule has 0 amide bonds. The fourth-order valence-electron chi connectivity index (χ4n) is 1.99. The molecule has 0 bridgehead atoms. The number of fused-ring (bicyclic) bond motifs is 1. The van der Waals surface area contributed by atoms with Gasteiger partial charge in [-0.3, -0.25) is 4.68 Å². The molecular weight excluding hydrogens is 228 g/mol. The third-order valence-electron chi connectivity index (χ3n) is 2.78. The second-order valence-electron chi connectivity index (χ2n) is 4.07. The molecule has 0 aliphatic heterocycles. The van der Waals surface area contributed by atoms with E-state index in [1.165, 1.54) is 0 Å². The van der Waals surface area contributed by atoms with Crippen molar-refractivity contribution in [3.63, 3.8) is 0 Å². The number of rotatable bonds is 1. The van der Waals surface area contributed by atoms with Gasteiger partial charge < -0.3 is 4.42 Å². The molecule has 0 N–H and O–H groups in total. The van der Waals surface area contributed by atoms with E-state index in [0.717, 1.165) is 22.4 Å². The van der Waals surface area contributed by atoms with Crippen LogP contribution in [0, 0.1) is 18.3 Å². The number of nitriles is 1. The molecule has 2 heterocycles. The molecule has 88 valence electrons. The predicted molar refractivity (Wildman–Crippen MR) is 65.7 cm³/mol. The van der Waals surface area contributed by atoms with E-state index in [2.05, 4.69) is 10.1 Å². The molecule has 0 unspecified atom stereocenters. The Labute approximate surface area is 103 Å². The summed E-state index contributed by atoms with van der Waals surface area (Å²) in [6, 6.07) is 9.54. The van der Waals surface area contributed by atoms with E-state index in [1.807, 2.05) is 38.2 Å². The van der Waals surface area contributed by atoms with Crippen LogP contribution in [0.25, 0.3) is 22.4 Å². The molecule has 3 aromatic rings. The minimum atomic E-state index is 0.406. The summed E-state index contributed by atoms with van der Waals surface area (Å²) in [5.41, 5.74) is 3.83. The summed E-state index contributed by atoms with van der Waals surface area (Å²) in [4.78, 5) is 4.29. The molecule has 18 heavy (non-hydrogen) atoms. The highest BCUT2D eigenvalue weighted by molar-refractivity contribution is 5.79. The van der Waals surface area contributed by atoms with E-state index >= 15 is 0 Å². The van der Waals surface area contributed by atoms with E-state index in [4.69, 9.17) is 9.68 Å². The number of aromatic nitrogens is 3. The molecule has 0 fully saturated rings. The molecule has 0 aliphatic rings. The van der Waals surface area contributed by atoms with Crippen molar-refractivity contribution in [2.75, 3.05) is 0 Å². The lowest BCUT2D eigenvalue weighted by Crippen LogP contribution is -1.93. The van der Waals surface area contributed by atoms with E-state index < -0.39 is 0 Å². The Morgan fingerprint density at radius 3 is 2.89 bits per heavy atom. The topological polar surface area (TPSA) is 67.6 Å². The Balaban J connectivity index is 2.18. The third kappa shape index (κ3) is 1.55. The highest BCUT2D eigenvalue weighted by Gasteiger charge is 2.09. The normalized spacial score (nSPS) is 10.7. The number of nitrogens with zero attached hydrogens (tertiary/aromatic N) is 4. The first kappa shape index (κ1) is 10.5. The number of oxazole rings is 1. The summed E-state index contributed by atoms with van der Waals surface area (Å²) in [6.45, 7) is 1.82. The molecule has 5 nitrogen and oxygen atoms in total. The molecule has 0 aliphatic carbocycles. The molecule has 0 saturated heterocycles. The summed E-state index contributed by atoms with van der Waals surface area (Å²) < 4.78 is 7.12. The second-order valence-corrected chi connectivity index (χ2v) is 4.07. The lowest BCUT2D eigenvalue weighted by atomic mass is 10.1. The van der Waals surface area contributed by atoms with Crippen LogP contribution in [0.5, 0.6) is 0 Å². The maximum Gasteiger partial charge on any atom is 0.192 e. The van der Waals surface area contributed by atoms with Gasteiger partial charge in [0.05, 0.1) is 5.69 Å². The highest BCUT2D eigenvalue weighted by atomic mass is 16.3. The van der Waals surface area contributed by atoms with E-state index in [9.17, 15) is 0 Å². The van der Waals surface area contributed by atoms with Crippen LogP contribution in [0.2, 0.25) is 0 Å². The van der Waals surface area contributed by atoms with E-state index in [0.29, 0.717) is 11.6 Å². The van der Waals surface area contributed by atoms with Crippen LogP contribution in [0.15, 0.2) is 28.7 Å². The summed E-state index contributed by atoms with van der Waals surface area (Å²) in [5.74, 6) is 0.643. The third-order valence-corrected chi connectivity index (χ3v) is 2.78. The molecule has 0 radical (unpaired) electrons. The van der Waals surface area contributed by atoms with Crippen molar-refractivity contribution < 1.29 is 4.42 Å². The van der Waals surface area contributed by atoms with Crippen LogP contribution < -0.4 is 0 Å². The minimum absolute atomic E-state index is 0.406. The highest BCUT2D eigenvalue weighted by Crippen LogP contribution is 2.24. The minimum Gasteiger partial charge on any atom is -0.441 e. The average molecular weight is 238 g/mol. The van der Waals surface area contributed by atoms with Gasteiger partial charge >= 0.3 is 0 Å².